The van der Waals surface area contributed by atoms with Crippen LogP contribution in [0.4, 0.5) is 4.39 Å². The van der Waals surface area contributed by atoms with Gasteiger partial charge in [0, 0.05) is 11.2 Å². The Balaban J connectivity index is 1.81. The molecule has 0 aliphatic carbocycles. The minimum Gasteiger partial charge on any atom is -0.349 e. The van der Waals surface area contributed by atoms with Gasteiger partial charge in [0.25, 0.3) is 5.56 Å². The highest BCUT2D eigenvalue weighted by atomic mass is 35.5. The molecule has 7 nitrogen and oxygen atoms in total. The van der Waals surface area contributed by atoms with E-state index in [1.54, 1.807) is 24.4 Å². The smallest absolute Gasteiger partial charge is 0.336 e. The molecule has 0 spiro atoms. The Morgan fingerprint density at radius 1 is 1.06 bits per heavy atom. The highest BCUT2D eigenvalue weighted by molar-refractivity contribution is 6.31. The van der Waals surface area contributed by atoms with E-state index in [-0.39, 0.29) is 28.2 Å². The molecule has 0 aliphatic rings. The van der Waals surface area contributed by atoms with Crippen molar-refractivity contribution in [1.82, 2.24) is 19.4 Å². The molecule has 0 saturated carbocycles. The number of pyridine rings is 1. The Kier molecular flexibility index (Phi) is 5.64. The number of halogens is 2. The number of benzene rings is 2. The SMILES string of the molecule is O=C(Cn1c(=O)n(-c2ccccc2F)c(=O)c2ccc(Cl)cc21)NCc1ccccn1. The molecule has 9 heteroatoms. The van der Waals surface area contributed by atoms with Crippen molar-refractivity contribution in [2.75, 3.05) is 0 Å². The molecular formula is C22H16ClFN4O3. The number of carbonyl (C=O) groups is 1. The van der Waals surface area contributed by atoms with Gasteiger partial charge in [-0.15, -0.1) is 0 Å². The van der Waals surface area contributed by atoms with Crippen LogP contribution < -0.4 is 16.6 Å². The van der Waals surface area contributed by atoms with E-state index in [0.29, 0.717) is 5.69 Å². The van der Waals surface area contributed by atoms with Crippen LogP contribution in [0.1, 0.15) is 5.69 Å². The molecule has 2 heterocycles. The molecule has 1 N–H and O–H groups in total. The van der Waals surface area contributed by atoms with Gasteiger partial charge in [-0.25, -0.2) is 13.8 Å². The first-order valence-corrected chi connectivity index (χ1v) is 9.70. The van der Waals surface area contributed by atoms with Gasteiger partial charge in [-0.1, -0.05) is 29.8 Å². The largest absolute Gasteiger partial charge is 0.349 e. The molecule has 0 saturated heterocycles. The molecule has 4 aromatic rings. The number of nitrogens with one attached hydrogen (secondary N) is 1. The molecule has 1 amide bonds. The summed E-state index contributed by atoms with van der Waals surface area (Å²) in [5, 5.41) is 3.10. The molecule has 0 unspecified atom stereocenters. The molecule has 2 aromatic heterocycles. The zero-order valence-corrected chi connectivity index (χ0v) is 16.8. The van der Waals surface area contributed by atoms with E-state index in [1.807, 2.05) is 0 Å². The molecule has 31 heavy (non-hydrogen) atoms. The Hall–Kier alpha value is -3.78. The van der Waals surface area contributed by atoms with Gasteiger partial charge in [0.15, 0.2) is 0 Å². The number of rotatable bonds is 5. The summed E-state index contributed by atoms with van der Waals surface area (Å²) < 4.78 is 16.2. The molecule has 2 aromatic carbocycles. The standard InChI is InChI=1S/C22H16ClFN4O3/c23-14-8-9-16-19(11-14)27(13-20(29)26-12-15-5-3-4-10-25-15)22(31)28(21(16)30)18-7-2-1-6-17(18)24/h1-11H,12-13H2,(H,26,29). The number of fused-ring (bicyclic) bond motifs is 1. The lowest BCUT2D eigenvalue weighted by atomic mass is 10.2. The lowest BCUT2D eigenvalue weighted by molar-refractivity contribution is -0.121. The topological polar surface area (TPSA) is 86.0 Å². The third-order valence-corrected chi connectivity index (χ3v) is 4.93. The normalized spacial score (nSPS) is 10.9. The third-order valence-electron chi connectivity index (χ3n) is 4.69. The van der Waals surface area contributed by atoms with Crippen LogP contribution in [0.15, 0.2) is 76.4 Å². The van der Waals surface area contributed by atoms with Gasteiger partial charge in [-0.3, -0.25) is 19.1 Å². The molecule has 0 bridgehead atoms. The summed E-state index contributed by atoms with van der Waals surface area (Å²) in [6.07, 6.45) is 1.60. The van der Waals surface area contributed by atoms with E-state index >= 15 is 0 Å². The summed E-state index contributed by atoms with van der Waals surface area (Å²) in [6.45, 7) is -0.225. The predicted octanol–water partition coefficient (Wildman–Crippen LogP) is 2.66. The van der Waals surface area contributed by atoms with Crippen molar-refractivity contribution in [2.45, 2.75) is 13.1 Å². The van der Waals surface area contributed by atoms with E-state index in [2.05, 4.69) is 10.3 Å². The molecule has 4 rings (SSSR count). The summed E-state index contributed by atoms with van der Waals surface area (Å²) in [4.78, 5) is 42.9. The second-order valence-corrected chi connectivity index (χ2v) is 7.16. The quantitative estimate of drug-likeness (QED) is 0.519. The zero-order valence-electron chi connectivity index (χ0n) is 16.1. The van der Waals surface area contributed by atoms with Crippen LogP contribution in [0.25, 0.3) is 16.6 Å². The second kappa shape index (κ2) is 8.53. The van der Waals surface area contributed by atoms with E-state index < -0.39 is 29.5 Å². The third kappa shape index (κ3) is 4.10. The van der Waals surface area contributed by atoms with Crippen molar-refractivity contribution in [3.8, 4) is 5.69 Å². The first kappa shape index (κ1) is 20.5. The minimum absolute atomic E-state index is 0.129. The maximum atomic E-state index is 14.4. The van der Waals surface area contributed by atoms with Crippen LogP contribution >= 0.6 is 11.6 Å². The van der Waals surface area contributed by atoms with Crippen LogP contribution in [0.5, 0.6) is 0 Å². The lowest BCUT2D eigenvalue weighted by Crippen LogP contribution is -2.42. The first-order valence-electron chi connectivity index (χ1n) is 9.32. The Bertz CT molecular complexity index is 1400. The van der Waals surface area contributed by atoms with Gasteiger partial charge < -0.3 is 5.32 Å². The van der Waals surface area contributed by atoms with E-state index in [0.717, 1.165) is 15.2 Å². The number of hydrogen-bond donors (Lipinski definition) is 1. The maximum absolute atomic E-state index is 14.4. The molecule has 156 valence electrons. The van der Waals surface area contributed by atoms with Gasteiger partial charge in [-0.05, 0) is 42.5 Å². The van der Waals surface area contributed by atoms with Gasteiger partial charge in [0.1, 0.15) is 12.4 Å². The molecular weight excluding hydrogens is 423 g/mol. The Labute approximate surface area is 180 Å². The number of carbonyl (C=O) groups excluding carboxylic acids is 1. The van der Waals surface area contributed by atoms with Crippen LogP contribution in [0.3, 0.4) is 0 Å². The number of para-hydroxylation sites is 1. The summed E-state index contributed by atoms with van der Waals surface area (Å²) in [5.74, 6) is -1.21. The average molecular weight is 439 g/mol. The van der Waals surface area contributed by atoms with E-state index in [4.69, 9.17) is 11.6 Å². The lowest BCUT2D eigenvalue weighted by Gasteiger charge is -2.15. The average Bonchev–Trinajstić information content (AvgIpc) is 2.77. The van der Waals surface area contributed by atoms with Crippen LogP contribution in [0, 0.1) is 5.82 Å². The van der Waals surface area contributed by atoms with Crippen molar-refractivity contribution in [2.24, 2.45) is 0 Å². The fourth-order valence-corrected chi connectivity index (χ4v) is 3.40. The van der Waals surface area contributed by atoms with Crippen LogP contribution in [0.2, 0.25) is 5.02 Å². The Morgan fingerprint density at radius 3 is 2.58 bits per heavy atom. The number of aromatic nitrogens is 3. The zero-order chi connectivity index (χ0) is 22.0. The van der Waals surface area contributed by atoms with Crippen LogP contribution in [-0.2, 0) is 17.9 Å². The van der Waals surface area contributed by atoms with Crippen molar-refractivity contribution < 1.29 is 9.18 Å². The Morgan fingerprint density at radius 2 is 1.84 bits per heavy atom. The maximum Gasteiger partial charge on any atom is 0.336 e. The number of hydrogen-bond acceptors (Lipinski definition) is 4. The summed E-state index contributed by atoms with van der Waals surface area (Å²) in [6, 6.07) is 15.1. The minimum atomic E-state index is -0.849. The molecule has 0 radical (unpaired) electrons. The van der Waals surface area contributed by atoms with Crippen molar-refractivity contribution in [3.05, 3.63) is 104 Å². The summed E-state index contributed by atoms with van der Waals surface area (Å²) >= 11 is 6.06. The highest BCUT2D eigenvalue weighted by Crippen LogP contribution is 2.17. The number of nitrogens with zero attached hydrogens (tertiary/aromatic N) is 3. The van der Waals surface area contributed by atoms with Gasteiger partial charge in [0.05, 0.1) is 28.8 Å². The first-order chi connectivity index (χ1) is 15.0. The fraction of sp³-hybridized carbons (Fsp3) is 0.0909. The highest BCUT2D eigenvalue weighted by Gasteiger charge is 2.18. The molecule has 0 aliphatic heterocycles. The second-order valence-electron chi connectivity index (χ2n) is 6.72. The van der Waals surface area contributed by atoms with Crippen molar-refractivity contribution >= 4 is 28.4 Å². The van der Waals surface area contributed by atoms with E-state index in [1.165, 1.54) is 36.4 Å². The van der Waals surface area contributed by atoms with Crippen molar-refractivity contribution in [3.63, 3.8) is 0 Å². The fourth-order valence-electron chi connectivity index (χ4n) is 3.23. The molecule has 0 atom stereocenters. The summed E-state index contributed by atoms with van der Waals surface area (Å²) in [7, 11) is 0. The van der Waals surface area contributed by atoms with Gasteiger partial charge >= 0.3 is 5.69 Å². The van der Waals surface area contributed by atoms with Gasteiger partial charge in [-0.2, -0.15) is 0 Å². The summed E-state index contributed by atoms with van der Waals surface area (Å²) in [5.41, 5.74) is -0.919. The number of amides is 1. The molecule has 0 fully saturated rings. The predicted molar refractivity (Wildman–Crippen MR) is 115 cm³/mol. The van der Waals surface area contributed by atoms with E-state index in [9.17, 15) is 18.8 Å². The monoisotopic (exact) mass is 438 g/mol. The van der Waals surface area contributed by atoms with Gasteiger partial charge in [0.2, 0.25) is 5.91 Å². The van der Waals surface area contributed by atoms with Crippen LogP contribution in [-0.4, -0.2) is 20.0 Å². The van der Waals surface area contributed by atoms with Crippen molar-refractivity contribution in [1.29, 1.82) is 0 Å².